The normalized spacial score (nSPS) is 14.4. The van der Waals surface area contributed by atoms with Crippen molar-refractivity contribution in [3.63, 3.8) is 0 Å². The molecule has 2 amide bonds. The Balaban J connectivity index is 2.06. The van der Waals surface area contributed by atoms with Crippen LogP contribution in [0.1, 0.15) is 6.92 Å². The third kappa shape index (κ3) is 3.35. The molecule has 0 aliphatic carbocycles. The average Bonchev–Trinajstić information content (AvgIpc) is 2.55. The lowest BCUT2D eigenvalue weighted by Crippen LogP contribution is -2.48. The summed E-state index contributed by atoms with van der Waals surface area (Å²) in [5.74, 6) is 0.619. The first-order chi connectivity index (χ1) is 11.6. The van der Waals surface area contributed by atoms with Crippen LogP contribution in [0.5, 0.6) is 5.75 Å². The molecule has 0 bridgehead atoms. The highest BCUT2D eigenvalue weighted by Crippen LogP contribution is 2.33. The van der Waals surface area contributed by atoms with Crippen molar-refractivity contribution in [3.8, 4) is 5.75 Å². The fourth-order valence-corrected chi connectivity index (χ4v) is 2.76. The number of pyridine rings is 1. The van der Waals surface area contributed by atoms with Crippen LogP contribution in [-0.4, -0.2) is 43.2 Å². The minimum absolute atomic E-state index is 0.105. The molecule has 2 N–H and O–H groups in total. The van der Waals surface area contributed by atoms with E-state index in [4.69, 9.17) is 16.3 Å². The van der Waals surface area contributed by atoms with Gasteiger partial charge in [0.15, 0.2) is 11.6 Å². The summed E-state index contributed by atoms with van der Waals surface area (Å²) in [5, 5.41) is 6.59. The summed E-state index contributed by atoms with van der Waals surface area (Å²) in [6.07, 6.45) is -0.566. The van der Waals surface area contributed by atoms with Gasteiger partial charge in [0.1, 0.15) is 0 Å². The van der Waals surface area contributed by atoms with Crippen LogP contribution in [0.2, 0.25) is 5.02 Å². The second-order valence-electron chi connectivity index (χ2n) is 5.31. The maximum absolute atomic E-state index is 11.8. The quantitative estimate of drug-likeness (QED) is 0.885. The van der Waals surface area contributed by atoms with Crippen molar-refractivity contribution < 1.29 is 14.3 Å². The van der Waals surface area contributed by atoms with Crippen molar-refractivity contribution in [1.29, 1.82) is 0 Å². The van der Waals surface area contributed by atoms with Crippen LogP contribution in [0, 0.1) is 0 Å². The molecular weight excluding hydrogens is 332 g/mol. The summed E-state index contributed by atoms with van der Waals surface area (Å²) in [6, 6.07) is 7.10. The van der Waals surface area contributed by atoms with Gasteiger partial charge in [0.05, 0.1) is 17.1 Å². The number of hydrogen-bond acceptors (Lipinski definition) is 5. The van der Waals surface area contributed by atoms with Gasteiger partial charge in [-0.2, -0.15) is 0 Å². The van der Waals surface area contributed by atoms with E-state index in [1.54, 1.807) is 30.0 Å². The molecule has 7 nitrogen and oxygen atoms in total. The molecule has 1 aliphatic heterocycles. The molecule has 3 rings (SSSR count). The zero-order valence-electron chi connectivity index (χ0n) is 13.1. The maximum Gasteiger partial charge on any atom is 0.412 e. The Morgan fingerprint density at radius 3 is 3.08 bits per heavy atom. The van der Waals surface area contributed by atoms with Gasteiger partial charge in [-0.15, -0.1) is 0 Å². The Kier molecular flexibility index (Phi) is 4.71. The number of nitrogens with zero attached hydrogens (tertiary/aromatic N) is 2. The van der Waals surface area contributed by atoms with Crippen LogP contribution in [0.3, 0.4) is 0 Å². The van der Waals surface area contributed by atoms with E-state index in [2.05, 4.69) is 15.6 Å². The minimum atomic E-state index is -0.566. The number of fused-ring (bicyclic) bond motifs is 1. The fraction of sp³-hybridized carbons (Fsp3) is 0.312. The predicted octanol–water partition coefficient (Wildman–Crippen LogP) is 1.93. The molecule has 1 saturated heterocycles. The number of hydrogen-bond donors (Lipinski definition) is 2. The lowest BCUT2D eigenvalue weighted by atomic mass is 10.2. The van der Waals surface area contributed by atoms with Gasteiger partial charge in [0.2, 0.25) is 5.91 Å². The number of benzene rings is 1. The molecule has 2 heterocycles. The maximum atomic E-state index is 11.8. The minimum Gasteiger partial charge on any atom is -0.406 e. The third-order valence-electron chi connectivity index (χ3n) is 3.60. The number of aromatic nitrogens is 1. The Hall–Kier alpha value is -2.54. The van der Waals surface area contributed by atoms with E-state index in [1.165, 1.54) is 0 Å². The first-order valence-corrected chi connectivity index (χ1v) is 8.03. The summed E-state index contributed by atoms with van der Waals surface area (Å²) < 4.78 is 5.39. The highest BCUT2D eigenvalue weighted by atomic mass is 35.5. The van der Waals surface area contributed by atoms with Crippen molar-refractivity contribution in [3.05, 3.63) is 29.3 Å². The summed E-state index contributed by atoms with van der Waals surface area (Å²) in [4.78, 5) is 29.8. The summed E-state index contributed by atoms with van der Waals surface area (Å²) in [7, 11) is 0. The van der Waals surface area contributed by atoms with Gasteiger partial charge >= 0.3 is 6.09 Å². The first-order valence-electron chi connectivity index (χ1n) is 7.65. The van der Waals surface area contributed by atoms with Crippen molar-refractivity contribution >= 4 is 40.3 Å². The van der Waals surface area contributed by atoms with E-state index >= 15 is 0 Å². The molecule has 0 saturated carbocycles. The highest BCUT2D eigenvalue weighted by molar-refractivity contribution is 6.35. The Labute approximate surface area is 143 Å². The Bertz CT molecular complexity index is 796. The SMILES string of the molecule is CCNC(=O)Oc1cc2cccc(Cl)c2nc1N1CCNC(=O)C1. The highest BCUT2D eigenvalue weighted by Gasteiger charge is 2.23. The average molecular weight is 349 g/mol. The van der Waals surface area contributed by atoms with Crippen LogP contribution >= 0.6 is 11.6 Å². The lowest BCUT2D eigenvalue weighted by Gasteiger charge is -2.29. The number of piperazine rings is 1. The number of ether oxygens (including phenoxy) is 1. The van der Waals surface area contributed by atoms with Gasteiger partial charge in [0.25, 0.3) is 0 Å². The second kappa shape index (κ2) is 6.92. The van der Waals surface area contributed by atoms with Crippen LogP contribution in [0.15, 0.2) is 24.3 Å². The predicted molar refractivity (Wildman–Crippen MR) is 91.7 cm³/mol. The van der Waals surface area contributed by atoms with E-state index in [0.29, 0.717) is 41.7 Å². The Morgan fingerprint density at radius 2 is 2.33 bits per heavy atom. The molecule has 0 spiro atoms. The molecule has 8 heteroatoms. The van der Waals surface area contributed by atoms with Crippen LogP contribution in [0.4, 0.5) is 10.6 Å². The summed E-state index contributed by atoms with van der Waals surface area (Å²) in [5.41, 5.74) is 0.600. The zero-order chi connectivity index (χ0) is 17.1. The van der Waals surface area contributed by atoms with Gasteiger partial charge in [-0.1, -0.05) is 23.7 Å². The smallest absolute Gasteiger partial charge is 0.406 e. The number of carbonyl (C=O) groups excluding carboxylic acids is 2. The van der Waals surface area contributed by atoms with Crippen molar-refractivity contribution in [1.82, 2.24) is 15.6 Å². The van der Waals surface area contributed by atoms with Gasteiger partial charge < -0.3 is 20.3 Å². The molecule has 0 atom stereocenters. The molecule has 1 fully saturated rings. The molecule has 0 unspecified atom stereocenters. The monoisotopic (exact) mass is 348 g/mol. The van der Waals surface area contributed by atoms with Crippen LogP contribution in [-0.2, 0) is 4.79 Å². The second-order valence-corrected chi connectivity index (χ2v) is 5.72. The van der Waals surface area contributed by atoms with Crippen molar-refractivity contribution in [2.75, 3.05) is 31.1 Å². The number of carbonyl (C=O) groups is 2. The molecular formula is C16H17ClN4O3. The topological polar surface area (TPSA) is 83.6 Å². The van der Waals surface area contributed by atoms with Gasteiger partial charge in [0, 0.05) is 25.0 Å². The van der Waals surface area contributed by atoms with Crippen LogP contribution in [0.25, 0.3) is 10.9 Å². The number of rotatable bonds is 3. The largest absolute Gasteiger partial charge is 0.412 e. The van der Waals surface area contributed by atoms with Crippen molar-refractivity contribution in [2.24, 2.45) is 0 Å². The standard InChI is InChI=1S/C16H17ClN4O3/c1-2-18-16(23)24-12-8-10-4-3-5-11(17)14(10)20-15(12)21-7-6-19-13(22)9-21/h3-5,8H,2,6-7,9H2,1H3,(H,18,23)(H,19,22). The number of nitrogens with one attached hydrogen (secondary N) is 2. The molecule has 1 aromatic carbocycles. The van der Waals surface area contributed by atoms with Gasteiger partial charge in [-0.3, -0.25) is 4.79 Å². The number of anilines is 1. The summed E-state index contributed by atoms with van der Waals surface area (Å²) in [6.45, 7) is 3.47. The van der Waals surface area contributed by atoms with E-state index < -0.39 is 6.09 Å². The molecule has 1 aromatic heterocycles. The van der Waals surface area contributed by atoms with E-state index in [1.807, 2.05) is 6.07 Å². The van der Waals surface area contributed by atoms with Gasteiger partial charge in [-0.25, -0.2) is 9.78 Å². The van der Waals surface area contributed by atoms with Crippen molar-refractivity contribution in [2.45, 2.75) is 6.92 Å². The number of para-hydroxylation sites is 1. The summed E-state index contributed by atoms with van der Waals surface area (Å²) >= 11 is 6.22. The molecule has 2 aromatic rings. The molecule has 126 valence electrons. The fourth-order valence-electron chi connectivity index (χ4n) is 2.53. The van der Waals surface area contributed by atoms with Crippen LogP contribution < -0.4 is 20.3 Å². The van der Waals surface area contributed by atoms with E-state index in [9.17, 15) is 9.59 Å². The zero-order valence-corrected chi connectivity index (χ0v) is 13.9. The third-order valence-corrected chi connectivity index (χ3v) is 3.91. The van der Waals surface area contributed by atoms with E-state index in [-0.39, 0.29) is 12.5 Å². The molecule has 24 heavy (non-hydrogen) atoms. The number of amides is 2. The van der Waals surface area contributed by atoms with Gasteiger partial charge in [-0.05, 0) is 19.1 Å². The molecule has 0 radical (unpaired) electrons. The lowest BCUT2D eigenvalue weighted by molar-refractivity contribution is -0.120. The Morgan fingerprint density at radius 1 is 1.50 bits per heavy atom. The number of halogens is 1. The first kappa shape index (κ1) is 16.3. The van der Waals surface area contributed by atoms with E-state index in [0.717, 1.165) is 5.39 Å². The molecule has 1 aliphatic rings.